The standard InChI is InChI=1S/C18H23N5O2/c1-3-19-16-13-17(21-14(2)20-16)22-8-10-23(11-9-22)18(24)7-6-15-5-4-12-25-15/h4-7,12-13H,3,8-11H2,1-2H3,(H,19,20,21)/b7-6+. The average molecular weight is 341 g/mol. The van der Waals surface area contributed by atoms with Gasteiger partial charge in [-0.2, -0.15) is 0 Å². The number of amides is 1. The summed E-state index contributed by atoms with van der Waals surface area (Å²) in [6, 6.07) is 5.58. The van der Waals surface area contributed by atoms with E-state index in [9.17, 15) is 4.79 Å². The highest BCUT2D eigenvalue weighted by atomic mass is 16.3. The van der Waals surface area contributed by atoms with Crippen LogP contribution in [0.5, 0.6) is 0 Å². The van der Waals surface area contributed by atoms with Gasteiger partial charge in [0.25, 0.3) is 0 Å². The minimum absolute atomic E-state index is 0.00302. The van der Waals surface area contributed by atoms with Crippen molar-refractivity contribution < 1.29 is 9.21 Å². The maximum atomic E-state index is 12.3. The van der Waals surface area contributed by atoms with Gasteiger partial charge in [0.1, 0.15) is 23.2 Å². The average Bonchev–Trinajstić information content (AvgIpc) is 3.13. The zero-order valence-electron chi connectivity index (χ0n) is 14.6. The quantitative estimate of drug-likeness (QED) is 0.840. The molecular formula is C18H23N5O2. The highest BCUT2D eigenvalue weighted by Crippen LogP contribution is 2.18. The van der Waals surface area contributed by atoms with Crippen LogP contribution in [-0.2, 0) is 4.79 Å². The predicted molar refractivity (Wildman–Crippen MR) is 97.5 cm³/mol. The van der Waals surface area contributed by atoms with E-state index in [1.165, 1.54) is 0 Å². The smallest absolute Gasteiger partial charge is 0.246 e. The molecule has 7 nitrogen and oxygen atoms in total. The number of aryl methyl sites for hydroxylation is 1. The third kappa shape index (κ3) is 4.37. The van der Waals surface area contributed by atoms with Crippen LogP contribution in [-0.4, -0.2) is 53.5 Å². The molecule has 1 aliphatic rings. The molecule has 1 saturated heterocycles. The Morgan fingerprint density at radius 3 is 2.80 bits per heavy atom. The van der Waals surface area contributed by atoms with E-state index >= 15 is 0 Å². The number of furan rings is 1. The molecule has 1 N–H and O–H groups in total. The number of nitrogens with one attached hydrogen (secondary N) is 1. The molecule has 0 aliphatic carbocycles. The van der Waals surface area contributed by atoms with Gasteiger partial charge in [0.2, 0.25) is 5.91 Å². The first kappa shape index (κ1) is 17.0. The van der Waals surface area contributed by atoms with E-state index < -0.39 is 0 Å². The van der Waals surface area contributed by atoms with Crippen molar-refractivity contribution in [2.24, 2.45) is 0 Å². The summed E-state index contributed by atoms with van der Waals surface area (Å²) < 4.78 is 5.20. The highest BCUT2D eigenvalue weighted by molar-refractivity contribution is 5.91. The van der Waals surface area contributed by atoms with E-state index in [2.05, 4.69) is 20.2 Å². The molecule has 0 bridgehead atoms. The van der Waals surface area contributed by atoms with Crippen molar-refractivity contribution in [2.45, 2.75) is 13.8 Å². The molecule has 25 heavy (non-hydrogen) atoms. The molecule has 0 radical (unpaired) electrons. The fraction of sp³-hybridized carbons (Fsp3) is 0.389. The Hall–Kier alpha value is -2.83. The molecule has 1 aliphatic heterocycles. The molecule has 2 aromatic rings. The SMILES string of the molecule is CCNc1cc(N2CCN(C(=O)/C=C/c3ccco3)CC2)nc(C)n1. The van der Waals surface area contributed by atoms with Gasteiger partial charge in [-0.15, -0.1) is 0 Å². The summed E-state index contributed by atoms with van der Waals surface area (Å²) in [4.78, 5) is 25.2. The zero-order valence-corrected chi connectivity index (χ0v) is 14.6. The molecule has 0 spiro atoms. The lowest BCUT2D eigenvalue weighted by Gasteiger charge is -2.35. The van der Waals surface area contributed by atoms with E-state index in [-0.39, 0.29) is 5.91 Å². The van der Waals surface area contributed by atoms with E-state index in [1.807, 2.05) is 30.9 Å². The number of carbonyl (C=O) groups excluding carboxylic acids is 1. The Morgan fingerprint density at radius 2 is 2.12 bits per heavy atom. The molecule has 0 atom stereocenters. The summed E-state index contributed by atoms with van der Waals surface area (Å²) >= 11 is 0. The predicted octanol–water partition coefficient (Wildman–Crippen LogP) is 2.17. The normalized spacial score (nSPS) is 15.0. The lowest BCUT2D eigenvalue weighted by molar-refractivity contribution is -0.126. The minimum Gasteiger partial charge on any atom is -0.465 e. The van der Waals surface area contributed by atoms with E-state index in [4.69, 9.17) is 4.42 Å². The van der Waals surface area contributed by atoms with Crippen LogP contribution in [0, 0.1) is 6.92 Å². The Balaban J connectivity index is 1.59. The number of carbonyl (C=O) groups is 1. The van der Waals surface area contributed by atoms with Crippen molar-refractivity contribution in [1.82, 2.24) is 14.9 Å². The second kappa shape index (κ2) is 7.83. The van der Waals surface area contributed by atoms with Crippen LogP contribution in [0.1, 0.15) is 18.5 Å². The fourth-order valence-electron chi connectivity index (χ4n) is 2.79. The van der Waals surface area contributed by atoms with Crippen LogP contribution < -0.4 is 10.2 Å². The van der Waals surface area contributed by atoms with Gasteiger partial charge in [-0.05, 0) is 32.1 Å². The van der Waals surface area contributed by atoms with Gasteiger partial charge in [-0.1, -0.05) is 0 Å². The largest absolute Gasteiger partial charge is 0.465 e. The lowest BCUT2D eigenvalue weighted by Crippen LogP contribution is -2.48. The van der Waals surface area contributed by atoms with Gasteiger partial charge in [0, 0.05) is 44.9 Å². The van der Waals surface area contributed by atoms with Gasteiger partial charge in [-0.3, -0.25) is 4.79 Å². The molecule has 132 valence electrons. The van der Waals surface area contributed by atoms with Crippen LogP contribution in [0.3, 0.4) is 0 Å². The fourth-order valence-corrected chi connectivity index (χ4v) is 2.79. The molecule has 3 rings (SSSR count). The maximum absolute atomic E-state index is 12.3. The number of hydrogen-bond acceptors (Lipinski definition) is 6. The summed E-state index contributed by atoms with van der Waals surface area (Å²) in [5, 5.41) is 3.22. The van der Waals surface area contributed by atoms with Gasteiger partial charge in [-0.25, -0.2) is 9.97 Å². The molecule has 0 unspecified atom stereocenters. The summed E-state index contributed by atoms with van der Waals surface area (Å²) in [5.74, 6) is 3.17. The molecule has 0 saturated carbocycles. The van der Waals surface area contributed by atoms with Gasteiger partial charge in [0.15, 0.2) is 0 Å². The van der Waals surface area contributed by atoms with Crippen LogP contribution in [0.25, 0.3) is 6.08 Å². The molecule has 1 amide bonds. The number of nitrogens with zero attached hydrogens (tertiary/aromatic N) is 4. The van der Waals surface area contributed by atoms with E-state index in [0.29, 0.717) is 18.8 Å². The van der Waals surface area contributed by atoms with Crippen LogP contribution in [0.15, 0.2) is 35.0 Å². The van der Waals surface area contributed by atoms with Gasteiger partial charge < -0.3 is 19.5 Å². The van der Waals surface area contributed by atoms with Crippen molar-refractivity contribution in [2.75, 3.05) is 42.9 Å². The van der Waals surface area contributed by atoms with Crippen LogP contribution in [0.2, 0.25) is 0 Å². The monoisotopic (exact) mass is 341 g/mol. The van der Waals surface area contributed by atoms with Crippen molar-refractivity contribution in [3.05, 3.63) is 42.1 Å². The molecule has 1 fully saturated rings. The molecule has 7 heteroatoms. The molecule has 0 aromatic carbocycles. The van der Waals surface area contributed by atoms with Crippen molar-refractivity contribution in [3.63, 3.8) is 0 Å². The molecule has 3 heterocycles. The van der Waals surface area contributed by atoms with Crippen molar-refractivity contribution in [3.8, 4) is 0 Å². The Morgan fingerprint density at radius 1 is 1.32 bits per heavy atom. The van der Waals surface area contributed by atoms with Gasteiger partial charge >= 0.3 is 0 Å². The van der Waals surface area contributed by atoms with Crippen LogP contribution in [0.4, 0.5) is 11.6 Å². The lowest BCUT2D eigenvalue weighted by atomic mass is 10.3. The van der Waals surface area contributed by atoms with Crippen molar-refractivity contribution in [1.29, 1.82) is 0 Å². The van der Waals surface area contributed by atoms with Gasteiger partial charge in [0.05, 0.1) is 6.26 Å². The number of aromatic nitrogens is 2. The zero-order chi connectivity index (χ0) is 17.6. The summed E-state index contributed by atoms with van der Waals surface area (Å²) in [6.45, 7) is 7.59. The summed E-state index contributed by atoms with van der Waals surface area (Å²) in [5.41, 5.74) is 0. The Bertz CT molecular complexity index is 734. The number of piperazine rings is 1. The second-order valence-corrected chi connectivity index (χ2v) is 5.85. The van der Waals surface area contributed by atoms with E-state index in [1.54, 1.807) is 24.5 Å². The molecular weight excluding hydrogens is 318 g/mol. The van der Waals surface area contributed by atoms with E-state index in [0.717, 1.165) is 37.1 Å². The number of hydrogen-bond donors (Lipinski definition) is 1. The van der Waals surface area contributed by atoms with Crippen molar-refractivity contribution >= 4 is 23.6 Å². The Kier molecular flexibility index (Phi) is 5.33. The Labute approximate surface area is 147 Å². The molecule has 2 aromatic heterocycles. The minimum atomic E-state index is 0.00302. The summed E-state index contributed by atoms with van der Waals surface area (Å²) in [7, 11) is 0. The number of rotatable bonds is 5. The van der Waals surface area contributed by atoms with Crippen LogP contribution >= 0.6 is 0 Å². The summed E-state index contributed by atoms with van der Waals surface area (Å²) in [6.07, 6.45) is 4.85. The second-order valence-electron chi connectivity index (χ2n) is 5.85. The first-order valence-corrected chi connectivity index (χ1v) is 8.50. The third-order valence-corrected chi connectivity index (χ3v) is 4.03. The first-order valence-electron chi connectivity index (χ1n) is 8.50. The highest BCUT2D eigenvalue weighted by Gasteiger charge is 2.21. The number of anilines is 2. The topological polar surface area (TPSA) is 74.5 Å². The third-order valence-electron chi connectivity index (χ3n) is 4.03. The first-order chi connectivity index (χ1) is 12.2. The maximum Gasteiger partial charge on any atom is 0.246 e.